The Morgan fingerprint density at radius 2 is 1.26 bits per heavy atom. The van der Waals surface area contributed by atoms with Gasteiger partial charge in [-0.3, -0.25) is 0 Å². The molecule has 0 atom stereocenters. The van der Waals surface area contributed by atoms with Crippen LogP contribution in [0.2, 0.25) is 0 Å². The summed E-state index contributed by atoms with van der Waals surface area (Å²) in [4.78, 5) is 12.8. The second kappa shape index (κ2) is 9.76. The molecule has 0 aliphatic rings. The minimum absolute atomic E-state index is 0.146. The van der Waals surface area contributed by atoms with Gasteiger partial charge in [0.15, 0.2) is 0 Å². The fourth-order valence-corrected chi connectivity index (χ4v) is 4.45. The van der Waals surface area contributed by atoms with Gasteiger partial charge in [-0.1, -0.05) is 121 Å². The van der Waals surface area contributed by atoms with Gasteiger partial charge in [-0.05, 0) is 35.9 Å². The van der Waals surface area contributed by atoms with E-state index in [1.165, 1.54) is 16.7 Å². The monoisotopic (exact) mass is 442 g/mol. The molecule has 0 radical (unpaired) electrons. The molecule has 5 rings (SSSR count). The van der Waals surface area contributed by atoms with Crippen LogP contribution in [0.4, 0.5) is 0 Å². The fraction of sp³-hybridized carbons (Fsp3) is 0.0938. The Labute approximate surface area is 199 Å². The third-order valence-electron chi connectivity index (χ3n) is 6.22. The van der Waals surface area contributed by atoms with Crippen molar-refractivity contribution in [2.75, 3.05) is 0 Å². The minimum Gasteiger partial charge on any atom is -0.422 e. The second-order valence-corrected chi connectivity index (χ2v) is 8.54. The molecular weight excluding hydrogens is 416 g/mol. The summed E-state index contributed by atoms with van der Waals surface area (Å²) in [6.45, 7) is 2.05. The summed E-state index contributed by atoms with van der Waals surface area (Å²) in [5.41, 5.74) is 5.29. The molecule has 1 heterocycles. The number of hydrogen-bond donors (Lipinski definition) is 0. The van der Waals surface area contributed by atoms with E-state index in [-0.39, 0.29) is 11.5 Å². The minimum atomic E-state index is -0.301. The highest BCUT2D eigenvalue weighted by molar-refractivity contribution is 5.88. The first-order valence-electron chi connectivity index (χ1n) is 11.6. The van der Waals surface area contributed by atoms with Crippen LogP contribution < -0.4 is 5.63 Å². The highest BCUT2D eigenvalue weighted by atomic mass is 16.4. The molecule has 0 amide bonds. The van der Waals surface area contributed by atoms with Crippen LogP contribution in [0.1, 0.15) is 28.2 Å². The highest BCUT2D eigenvalue weighted by Crippen LogP contribution is 2.31. The summed E-state index contributed by atoms with van der Waals surface area (Å²) < 4.78 is 5.88. The van der Waals surface area contributed by atoms with Crippen molar-refractivity contribution >= 4 is 10.8 Å². The fourth-order valence-electron chi connectivity index (χ4n) is 4.45. The zero-order chi connectivity index (χ0) is 23.3. The quantitative estimate of drug-likeness (QED) is 0.252. The molecule has 0 saturated heterocycles. The van der Waals surface area contributed by atoms with Gasteiger partial charge in [0.2, 0.25) is 0 Å². The summed E-state index contributed by atoms with van der Waals surface area (Å²) in [6, 6.07) is 36.9. The van der Waals surface area contributed by atoms with E-state index in [0.717, 1.165) is 16.5 Å². The maximum Gasteiger partial charge on any atom is 0.344 e. The lowest BCUT2D eigenvalue weighted by molar-refractivity contribution is 0.530. The predicted molar refractivity (Wildman–Crippen MR) is 140 cm³/mol. The number of allylic oxidation sites excluding steroid dienone is 2. The number of hydrogen-bond acceptors (Lipinski definition) is 2. The summed E-state index contributed by atoms with van der Waals surface area (Å²) in [6.07, 6.45) is 5.11. The smallest absolute Gasteiger partial charge is 0.344 e. The van der Waals surface area contributed by atoms with Crippen molar-refractivity contribution in [2.24, 2.45) is 0 Å². The summed E-state index contributed by atoms with van der Waals surface area (Å²) in [7, 11) is 0. The zero-order valence-electron chi connectivity index (χ0n) is 19.1. The molecule has 0 bridgehead atoms. The van der Waals surface area contributed by atoms with Gasteiger partial charge in [-0.25, -0.2) is 4.79 Å². The molecule has 0 N–H and O–H groups in total. The van der Waals surface area contributed by atoms with Crippen molar-refractivity contribution in [2.45, 2.75) is 19.3 Å². The van der Waals surface area contributed by atoms with Gasteiger partial charge in [-0.2, -0.15) is 0 Å². The maximum absolute atomic E-state index is 12.8. The van der Waals surface area contributed by atoms with E-state index in [9.17, 15) is 4.79 Å². The van der Waals surface area contributed by atoms with E-state index in [1.54, 1.807) is 0 Å². The van der Waals surface area contributed by atoms with Gasteiger partial charge >= 0.3 is 5.63 Å². The van der Waals surface area contributed by atoms with E-state index < -0.39 is 0 Å². The van der Waals surface area contributed by atoms with Gasteiger partial charge in [-0.15, -0.1) is 0 Å². The number of rotatable bonds is 6. The first-order chi connectivity index (χ1) is 16.7. The molecule has 1 aromatic heterocycles. The molecular formula is C32H26O2. The molecule has 2 heteroatoms. The summed E-state index contributed by atoms with van der Waals surface area (Å²) >= 11 is 0. The lowest BCUT2D eigenvalue weighted by Crippen LogP contribution is -2.05. The number of benzene rings is 4. The molecule has 0 fully saturated rings. The van der Waals surface area contributed by atoms with Crippen molar-refractivity contribution in [1.82, 2.24) is 0 Å². The molecule has 4 aromatic carbocycles. The molecule has 2 nitrogen and oxygen atoms in total. The van der Waals surface area contributed by atoms with E-state index >= 15 is 0 Å². The van der Waals surface area contributed by atoms with Crippen LogP contribution in [-0.2, 0) is 6.42 Å². The Hall–Kier alpha value is -4.17. The van der Waals surface area contributed by atoms with Crippen LogP contribution >= 0.6 is 0 Å². The third kappa shape index (κ3) is 4.49. The Morgan fingerprint density at radius 1 is 0.706 bits per heavy atom. The topological polar surface area (TPSA) is 30.2 Å². The van der Waals surface area contributed by atoms with E-state index in [1.807, 2.05) is 60.7 Å². The van der Waals surface area contributed by atoms with Crippen molar-refractivity contribution in [3.63, 3.8) is 0 Å². The molecule has 5 aromatic rings. The van der Waals surface area contributed by atoms with Gasteiger partial charge in [0.05, 0.1) is 5.39 Å². The van der Waals surface area contributed by atoms with E-state index in [2.05, 4.69) is 67.6 Å². The third-order valence-corrected chi connectivity index (χ3v) is 6.22. The van der Waals surface area contributed by atoms with Crippen LogP contribution in [-0.4, -0.2) is 0 Å². The zero-order valence-corrected chi connectivity index (χ0v) is 19.1. The van der Waals surface area contributed by atoms with Crippen molar-refractivity contribution < 1.29 is 4.42 Å². The Morgan fingerprint density at radius 3 is 1.88 bits per heavy atom. The van der Waals surface area contributed by atoms with E-state index in [4.69, 9.17) is 4.42 Å². The van der Waals surface area contributed by atoms with Crippen LogP contribution in [0.15, 0.2) is 131 Å². The molecule has 0 aliphatic heterocycles. The first-order valence-corrected chi connectivity index (χ1v) is 11.6. The van der Waals surface area contributed by atoms with Crippen molar-refractivity contribution in [3.8, 4) is 11.3 Å². The highest BCUT2D eigenvalue weighted by Gasteiger charge is 2.15. The Bertz CT molecular complexity index is 1440. The van der Waals surface area contributed by atoms with E-state index in [0.29, 0.717) is 17.6 Å². The second-order valence-electron chi connectivity index (χ2n) is 8.54. The standard InChI is InChI=1S/C32H26O2/c1-23-19-21-26(22-20-23)31-29(28-15-8-9-16-30(28)32(33)34-31)18-10-17-27(24-11-4-2-5-12-24)25-13-6-3-7-14-25/h2-17,19-22,27H,18H2,1H3/b17-10+. The van der Waals surface area contributed by atoms with Crippen LogP contribution in [0.3, 0.4) is 0 Å². The normalized spacial score (nSPS) is 11.5. The van der Waals surface area contributed by atoms with Crippen molar-refractivity contribution in [1.29, 1.82) is 0 Å². The lowest BCUT2D eigenvalue weighted by atomic mass is 9.90. The maximum atomic E-state index is 12.8. The number of aryl methyl sites for hydroxylation is 1. The summed E-state index contributed by atoms with van der Waals surface area (Å²) in [5, 5.41) is 1.55. The molecule has 0 aliphatic carbocycles. The Kier molecular flexibility index (Phi) is 6.22. The average Bonchev–Trinajstić information content (AvgIpc) is 2.89. The molecule has 34 heavy (non-hydrogen) atoms. The largest absolute Gasteiger partial charge is 0.422 e. The molecule has 166 valence electrons. The lowest BCUT2D eigenvalue weighted by Gasteiger charge is -2.15. The molecule has 0 spiro atoms. The van der Waals surface area contributed by atoms with Crippen molar-refractivity contribution in [3.05, 3.63) is 154 Å². The average molecular weight is 443 g/mol. The SMILES string of the molecule is Cc1ccc(-c2oc(=O)c3ccccc3c2C/C=C/C(c2ccccc2)c2ccccc2)cc1. The molecule has 0 unspecified atom stereocenters. The van der Waals surface area contributed by atoms with Crippen LogP contribution in [0.5, 0.6) is 0 Å². The van der Waals surface area contributed by atoms with Crippen LogP contribution in [0, 0.1) is 6.92 Å². The van der Waals surface area contributed by atoms with Gasteiger partial charge < -0.3 is 4.42 Å². The predicted octanol–water partition coefficient (Wildman–Crippen LogP) is 7.70. The van der Waals surface area contributed by atoms with Gasteiger partial charge in [0.1, 0.15) is 5.76 Å². The first kappa shape index (κ1) is 21.7. The molecule has 0 saturated carbocycles. The van der Waals surface area contributed by atoms with Gasteiger partial charge in [0.25, 0.3) is 0 Å². The number of fused-ring (bicyclic) bond motifs is 1. The van der Waals surface area contributed by atoms with Crippen LogP contribution in [0.25, 0.3) is 22.1 Å². The van der Waals surface area contributed by atoms with Gasteiger partial charge in [0, 0.05) is 17.0 Å². The summed E-state index contributed by atoms with van der Waals surface area (Å²) in [5.74, 6) is 0.788. The Balaban J connectivity index is 1.59.